The van der Waals surface area contributed by atoms with E-state index in [1.165, 1.54) is 6.07 Å². The fourth-order valence-corrected chi connectivity index (χ4v) is 2.17. The van der Waals surface area contributed by atoms with Crippen molar-refractivity contribution in [3.05, 3.63) is 29.0 Å². The molecule has 1 aromatic rings. The molecule has 1 aliphatic heterocycles. The third-order valence-corrected chi connectivity index (χ3v) is 3.16. The van der Waals surface area contributed by atoms with Gasteiger partial charge in [-0.1, -0.05) is 11.6 Å². The van der Waals surface area contributed by atoms with Crippen LogP contribution >= 0.6 is 11.6 Å². The van der Waals surface area contributed by atoms with Gasteiger partial charge in [0.15, 0.2) is 0 Å². The maximum absolute atomic E-state index is 13.0. The average molecular weight is 239 g/mol. The van der Waals surface area contributed by atoms with E-state index in [0.29, 0.717) is 6.54 Å². The minimum absolute atomic E-state index is 0.0672. The SMILES string of the molecule is N#CC1CCCN(c2ccc(F)c(Cl)c2)C1. The molecule has 0 saturated carbocycles. The Hall–Kier alpha value is -1.27. The van der Waals surface area contributed by atoms with Gasteiger partial charge in [-0.15, -0.1) is 0 Å². The van der Waals surface area contributed by atoms with E-state index in [9.17, 15) is 4.39 Å². The summed E-state index contributed by atoms with van der Waals surface area (Å²) in [4.78, 5) is 2.09. The Bertz CT molecular complexity index is 428. The molecule has 2 nitrogen and oxygen atoms in total. The summed E-state index contributed by atoms with van der Waals surface area (Å²) >= 11 is 5.74. The van der Waals surface area contributed by atoms with Crippen molar-refractivity contribution in [2.45, 2.75) is 12.8 Å². The van der Waals surface area contributed by atoms with Crippen molar-refractivity contribution in [3.63, 3.8) is 0 Å². The highest BCUT2D eigenvalue weighted by Gasteiger charge is 2.20. The predicted octanol–water partition coefficient (Wildman–Crippen LogP) is 3.22. The van der Waals surface area contributed by atoms with E-state index in [0.717, 1.165) is 25.1 Å². The molecule has 1 fully saturated rings. The summed E-state index contributed by atoms with van der Waals surface area (Å²) in [6.45, 7) is 1.61. The zero-order valence-corrected chi connectivity index (χ0v) is 9.54. The van der Waals surface area contributed by atoms with E-state index < -0.39 is 5.82 Å². The first-order valence-electron chi connectivity index (χ1n) is 5.30. The molecule has 0 radical (unpaired) electrons. The van der Waals surface area contributed by atoms with E-state index in [-0.39, 0.29) is 10.9 Å². The van der Waals surface area contributed by atoms with Crippen LogP contribution in [0.2, 0.25) is 5.02 Å². The number of hydrogen-bond acceptors (Lipinski definition) is 2. The van der Waals surface area contributed by atoms with Crippen molar-refractivity contribution < 1.29 is 4.39 Å². The average Bonchev–Trinajstić information content (AvgIpc) is 2.33. The summed E-state index contributed by atoms with van der Waals surface area (Å²) in [5.74, 6) is -0.336. The first-order valence-corrected chi connectivity index (χ1v) is 5.68. The Morgan fingerprint density at radius 2 is 2.31 bits per heavy atom. The Kier molecular flexibility index (Phi) is 3.31. The van der Waals surface area contributed by atoms with Crippen LogP contribution in [-0.4, -0.2) is 13.1 Å². The second-order valence-electron chi connectivity index (χ2n) is 4.01. The number of hydrogen-bond donors (Lipinski definition) is 0. The number of piperidine rings is 1. The van der Waals surface area contributed by atoms with Crippen molar-refractivity contribution in [2.24, 2.45) is 5.92 Å². The maximum Gasteiger partial charge on any atom is 0.141 e. The lowest BCUT2D eigenvalue weighted by molar-refractivity contribution is 0.493. The van der Waals surface area contributed by atoms with Gasteiger partial charge in [0.05, 0.1) is 17.0 Å². The molecule has 0 aliphatic carbocycles. The van der Waals surface area contributed by atoms with Crippen LogP contribution in [0.1, 0.15) is 12.8 Å². The lowest BCUT2D eigenvalue weighted by Gasteiger charge is -2.31. The van der Waals surface area contributed by atoms with Crippen LogP contribution in [0.3, 0.4) is 0 Å². The van der Waals surface area contributed by atoms with Gasteiger partial charge in [0, 0.05) is 18.8 Å². The summed E-state index contributed by atoms with van der Waals surface area (Å²) in [6, 6.07) is 6.98. The number of nitrogens with zero attached hydrogens (tertiary/aromatic N) is 2. The van der Waals surface area contributed by atoms with Crippen LogP contribution in [0.5, 0.6) is 0 Å². The third kappa shape index (κ3) is 2.28. The summed E-state index contributed by atoms with van der Waals surface area (Å²) < 4.78 is 13.0. The Morgan fingerprint density at radius 1 is 1.50 bits per heavy atom. The Balaban J connectivity index is 2.17. The van der Waals surface area contributed by atoms with Crippen molar-refractivity contribution >= 4 is 17.3 Å². The molecule has 1 unspecified atom stereocenters. The van der Waals surface area contributed by atoms with Gasteiger partial charge in [-0.25, -0.2) is 4.39 Å². The number of benzene rings is 1. The minimum atomic E-state index is -0.403. The van der Waals surface area contributed by atoms with Crippen molar-refractivity contribution in [1.82, 2.24) is 0 Å². The highest BCUT2D eigenvalue weighted by molar-refractivity contribution is 6.31. The zero-order valence-electron chi connectivity index (χ0n) is 8.79. The fourth-order valence-electron chi connectivity index (χ4n) is 2.00. The molecule has 0 bridgehead atoms. The van der Waals surface area contributed by atoms with Gasteiger partial charge in [-0.05, 0) is 31.0 Å². The van der Waals surface area contributed by atoms with Gasteiger partial charge in [-0.2, -0.15) is 5.26 Å². The molecule has 0 amide bonds. The van der Waals surface area contributed by atoms with Gasteiger partial charge >= 0.3 is 0 Å². The van der Waals surface area contributed by atoms with Crippen molar-refractivity contribution in [2.75, 3.05) is 18.0 Å². The second kappa shape index (κ2) is 4.71. The smallest absolute Gasteiger partial charge is 0.141 e. The topological polar surface area (TPSA) is 27.0 Å². The predicted molar refractivity (Wildman–Crippen MR) is 62.0 cm³/mol. The molecular formula is C12H12ClFN2. The van der Waals surface area contributed by atoms with E-state index in [4.69, 9.17) is 16.9 Å². The normalized spacial score (nSPS) is 20.6. The number of halogens is 2. The summed E-state index contributed by atoms with van der Waals surface area (Å²) in [5.41, 5.74) is 0.895. The minimum Gasteiger partial charge on any atom is -0.370 e. The molecule has 16 heavy (non-hydrogen) atoms. The molecule has 4 heteroatoms. The van der Waals surface area contributed by atoms with Crippen molar-refractivity contribution in [1.29, 1.82) is 5.26 Å². The van der Waals surface area contributed by atoms with Crippen LogP contribution in [0.4, 0.5) is 10.1 Å². The van der Waals surface area contributed by atoms with E-state index in [1.54, 1.807) is 12.1 Å². The van der Waals surface area contributed by atoms with Gasteiger partial charge in [0.25, 0.3) is 0 Å². The van der Waals surface area contributed by atoms with Crippen LogP contribution in [0, 0.1) is 23.1 Å². The zero-order chi connectivity index (χ0) is 11.5. The monoisotopic (exact) mass is 238 g/mol. The lowest BCUT2D eigenvalue weighted by atomic mass is 9.99. The molecule has 2 rings (SSSR count). The van der Waals surface area contributed by atoms with E-state index in [1.807, 2.05) is 0 Å². The number of anilines is 1. The highest BCUT2D eigenvalue weighted by atomic mass is 35.5. The first kappa shape index (κ1) is 11.2. The largest absolute Gasteiger partial charge is 0.370 e. The van der Waals surface area contributed by atoms with Crippen LogP contribution in [0.25, 0.3) is 0 Å². The second-order valence-corrected chi connectivity index (χ2v) is 4.42. The van der Waals surface area contributed by atoms with Crippen LogP contribution in [-0.2, 0) is 0 Å². The molecule has 1 aromatic carbocycles. The van der Waals surface area contributed by atoms with Crippen molar-refractivity contribution in [3.8, 4) is 6.07 Å². The molecule has 84 valence electrons. The number of nitriles is 1. The fraction of sp³-hybridized carbons (Fsp3) is 0.417. The summed E-state index contributed by atoms with van der Waals surface area (Å²) in [7, 11) is 0. The van der Waals surface area contributed by atoms with E-state index >= 15 is 0 Å². The molecule has 1 atom stereocenters. The van der Waals surface area contributed by atoms with Gasteiger partial charge in [0.2, 0.25) is 0 Å². The molecule has 1 heterocycles. The molecule has 0 spiro atoms. The van der Waals surface area contributed by atoms with Gasteiger partial charge in [0.1, 0.15) is 5.82 Å². The van der Waals surface area contributed by atoms with Crippen LogP contribution < -0.4 is 4.90 Å². The van der Waals surface area contributed by atoms with Gasteiger partial charge in [-0.3, -0.25) is 0 Å². The highest BCUT2D eigenvalue weighted by Crippen LogP contribution is 2.26. The summed E-state index contributed by atoms with van der Waals surface area (Å²) in [6.07, 6.45) is 1.94. The summed E-state index contributed by atoms with van der Waals surface area (Å²) in [5, 5.41) is 9.03. The van der Waals surface area contributed by atoms with Gasteiger partial charge < -0.3 is 4.90 Å². The quantitative estimate of drug-likeness (QED) is 0.751. The molecular weight excluding hydrogens is 227 g/mol. The molecule has 0 aromatic heterocycles. The number of rotatable bonds is 1. The molecule has 1 saturated heterocycles. The van der Waals surface area contributed by atoms with E-state index in [2.05, 4.69) is 11.0 Å². The standard InChI is InChI=1S/C12H12ClFN2/c13-11-6-10(3-4-12(11)14)16-5-1-2-9(7-15)8-16/h3-4,6,9H,1-2,5,8H2. The Labute approximate surface area is 99.2 Å². The first-order chi connectivity index (χ1) is 7.70. The third-order valence-electron chi connectivity index (χ3n) is 2.87. The molecule has 0 N–H and O–H groups in total. The maximum atomic E-state index is 13.0. The van der Waals surface area contributed by atoms with Crippen LogP contribution in [0.15, 0.2) is 18.2 Å². The Morgan fingerprint density at radius 3 is 3.00 bits per heavy atom. The lowest BCUT2D eigenvalue weighted by Crippen LogP contribution is -2.34. The molecule has 1 aliphatic rings.